The van der Waals surface area contributed by atoms with E-state index in [-0.39, 0.29) is 53.5 Å². The summed E-state index contributed by atoms with van der Waals surface area (Å²) >= 11 is 0. The molecule has 1 aliphatic heterocycles. The number of aliphatic imine (C=N–C) groups is 1. The summed E-state index contributed by atoms with van der Waals surface area (Å²) in [5.41, 5.74) is 0.500. The number of carbonyl (C=O) groups excluding carboxylic acids is 2. The third-order valence-electron chi connectivity index (χ3n) is 4.78. The van der Waals surface area contributed by atoms with Crippen LogP contribution in [0.1, 0.15) is 44.0 Å². The maximum absolute atomic E-state index is 12.1. The third-order valence-corrected chi connectivity index (χ3v) is 4.78. The molecule has 0 aromatic heterocycles. The molecular weight excluding hydrogens is 497 g/mol. The Morgan fingerprint density at radius 1 is 1.17 bits per heavy atom. The summed E-state index contributed by atoms with van der Waals surface area (Å²) in [5.74, 6) is 0.913. The van der Waals surface area contributed by atoms with Crippen molar-refractivity contribution in [2.24, 2.45) is 10.9 Å². The number of nitrogens with zero attached hydrogens (tertiary/aromatic N) is 2. The Kier molecular flexibility index (Phi) is 11.5. The van der Waals surface area contributed by atoms with Gasteiger partial charge in [0.15, 0.2) is 5.96 Å². The monoisotopic (exact) mass is 531 g/mol. The average molecular weight is 531 g/mol. The maximum atomic E-state index is 12.1. The first-order valence-electron chi connectivity index (χ1n) is 10.3. The van der Waals surface area contributed by atoms with Crippen LogP contribution in [0.15, 0.2) is 29.3 Å². The molecule has 168 valence electrons. The summed E-state index contributed by atoms with van der Waals surface area (Å²) in [4.78, 5) is 30.6. The van der Waals surface area contributed by atoms with E-state index >= 15 is 0 Å². The van der Waals surface area contributed by atoms with Gasteiger partial charge < -0.3 is 26.0 Å². The number of rotatable bonds is 7. The van der Waals surface area contributed by atoms with Gasteiger partial charge in [-0.2, -0.15) is 0 Å². The first kappa shape index (κ1) is 26.0. The minimum Gasteiger partial charge on any atom is -0.508 e. The lowest BCUT2D eigenvalue weighted by Gasteiger charge is -2.34. The topological polar surface area (TPSA) is 106 Å². The Morgan fingerprint density at radius 2 is 1.80 bits per heavy atom. The fraction of sp³-hybridized carbons (Fsp3) is 0.571. The van der Waals surface area contributed by atoms with Crippen LogP contribution in [0.25, 0.3) is 0 Å². The molecular formula is C21H34IN5O3. The molecule has 0 saturated carbocycles. The SMILES string of the molecule is CCNC(=NCCNC(=O)c1ccc(O)cc1)NC1CCN(C(=O)C(C)C)CC1.I. The van der Waals surface area contributed by atoms with Gasteiger partial charge in [-0.05, 0) is 44.0 Å². The van der Waals surface area contributed by atoms with Crippen LogP contribution < -0.4 is 16.0 Å². The number of hydrogen-bond acceptors (Lipinski definition) is 4. The molecule has 2 rings (SSSR count). The minimum absolute atomic E-state index is 0. The van der Waals surface area contributed by atoms with Gasteiger partial charge in [-0.1, -0.05) is 13.8 Å². The van der Waals surface area contributed by atoms with E-state index in [4.69, 9.17) is 0 Å². The standard InChI is InChI=1S/C21H33N5O3.HI/c1-4-22-21(25-17-9-13-26(14-10-17)20(29)15(2)3)24-12-11-23-19(28)16-5-7-18(27)8-6-16;/h5-8,15,17,27H,4,9-14H2,1-3H3,(H,23,28)(H2,22,24,25);1H. The number of hydrogen-bond donors (Lipinski definition) is 4. The highest BCUT2D eigenvalue weighted by atomic mass is 127. The van der Waals surface area contributed by atoms with E-state index in [2.05, 4.69) is 20.9 Å². The van der Waals surface area contributed by atoms with Crippen molar-refractivity contribution in [1.29, 1.82) is 0 Å². The van der Waals surface area contributed by atoms with Crippen molar-refractivity contribution in [3.63, 3.8) is 0 Å². The van der Waals surface area contributed by atoms with Gasteiger partial charge >= 0.3 is 0 Å². The van der Waals surface area contributed by atoms with Crippen LogP contribution in [-0.4, -0.2) is 66.5 Å². The summed E-state index contributed by atoms with van der Waals surface area (Å²) in [7, 11) is 0. The van der Waals surface area contributed by atoms with Crippen molar-refractivity contribution in [3.8, 4) is 5.75 Å². The number of aromatic hydroxyl groups is 1. The van der Waals surface area contributed by atoms with Gasteiger partial charge in [-0.25, -0.2) is 0 Å². The van der Waals surface area contributed by atoms with Crippen LogP contribution in [-0.2, 0) is 4.79 Å². The van der Waals surface area contributed by atoms with E-state index in [1.807, 2.05) is 25.7 Å². The summed E-state index contributed by atoms with van der Waals surface area (Å²) in [5, 5.41) is 18.8. The molecule has 9 heteroatoms. The molecule has 1 aromatic rings. The number of piperidine rings is 1. The predicted molar refractivity (Wildman–Crippen MR) is 129 cm³/mol. The molecule has 30 heavy (non-hydrogen) atoms. The highest BCUT2D eigenvalue weighted by Gasteiger charge is 2.24. The summed E-state index contributed by atoms with van der Waals surface area (Å²) in [6, 6.07) is 6.41. The zero-order chi connectivity index (χ0) is 21.2. The van der Waals surface area contributed by atoms with Gasteiger partial charge in [0, 0.05) is 43.7 Å². The number of nitrogens with one attached hydrogen (secondary N) is 3. The molecule has 1 heterocycles. The largest absolute Gasteiger partial charge is 0.508 e. The van der Waals surface area contributed by atoms with E-state index in [1.165, 1.54) is 12.1 Å². The molecule has 1 aliphatic rings. The highest BCUT2D eigenvalue weighted by molar-refractivity contribution is 14.0. The number of halogens is 1. The number of carbonyl (C=O) groups is 2. The Labute approximate surface area is 195 Å². The van der Waals surface area contributed by atoms with Crippen LogP contribution in [0.3, 0.4) is 0 Å². The van der Waals surface area contributed by atoms with Crippen LogP contribution in [0.2, 0.25) is 0 Å². The van der Waals surface area contributed by atoms with Gasteiger partial charge in [-0.15, -0.1) is 24.0 Å². The molecule has 0 bridgehead atoms. The van der Waals surface area contributed by atoms with Crippen LogP contribution in [0, 0.1) is 5.92 Å². The van der Waals surface area contributed by atoms with E-state index in [0.717, 1.165) is 38.4 Å². The maximum Gasteiger partial charge on any atom is 0.251 e. The normalized spacial score (nSPS) is 14.8. The molecule has 2 amide bonds. The first-order chi connectivity index (χ1) is 13.9. The number of amides is 2. The molecule has 0 spiro atoms. The molecule has 0 unspecified atom stereocenters. The Morgan fingerprint density at radius 3 is 2.37 bits per heavy atom. The highest BCUT2D eigenvalue weighted by Crippen LogP contribution is 2.13. The lowest BCUT2D eigenvalue weighted by molar-refractivity contribution is -0.135. The lowest BCUT2D eigenvalue weighted by Crippen LogP contribution is -2.50. The number of benzene rings is 1. The van der Waals surface area contributed by atoms with E-state index in [0.29, 0.717) is 18.7 Å². The zero-order valence-electron chi connectivity index (χ0n) is 18.0. The number of guanidine groups is 1. The minimum atomic E-state index is -0.194. The average Bonchev–Trinajstić information content (AvgIpc) is 2.71. The predicted octanol–water partition coefficient (Wildman–Crippen LogP) is 1.94. The quantitative estimate of drug-likeness (QED) is 0.186. The fourth-order valence-corrected chi connectivity index (χ4v) is 3.17. The fourth-order valence-electron chi connectivity index (χ4n) is 3.17. The van der Waals surface area contributed by atoms with Crippen molar-refractivity contribution >= 4 is 41.8 Å². The van der Waals surface area contributed by atoms with Crippen molar-refractivity contribution in [2.75, 3.05) is 32.7 Å². The van der Waals surface area contributed by atoms with Gasteiger partial charge in [-0.3, -0.25) is 14.6 Å². The van der Waals surface area contributed by atoms with Crippen LogP contribution >= 0.6 is 24.0 Å². The van der Waals surface area contributed by atoms with Crippen molar-refractivity contribution < 1.29 is 14.7 Å². The molecule has 1 aromatic carbocycles. The van der Waals surface area contributed by atoms with Crippen molar-refractivity contribution in [2.45, 2.75) is 39.7 Å². The van der Waals surface area contributed by atoms with Gasteiger partial charge in [0.2, 0.25) is 5.91 Å². The van der Waals surface area contributed by atoms with Crippen molar-refractivity contribution in [1.82, 2.24) is 20.9 Å². The summed E-state index contributed by atoms with van der Waals surface area (Å²) in [6.07, 6.45) is 1.78. The molecule has 4 N–H and O–H groups in total. The number of phenolic OH excluding ortho intramolecular Hbond substituents is 1. The summed E-state index contributed by atoms with van der Waals surface area (Å²) in [6.45, 7) is 9.01. The molecule has 0 atom stereocenters. The van der Waals surface area contributed by atoms with Crippen molar-refractivity contribution in [3.05, 3.63) is 29.8 Å². The second kappa shape index (κ2) is 13.3. The van der Waals surface area contributed by atoms with E-state index < -0.39 is 0 Å². The molecule has 0 aliphatic carbocycles. The Bertz CT molecular complexity index is 701. The second-order valence-corrected chi connectivity index (χ2v) is 7.46. The molecule has 1 saturated heterocycles. The Hall–Kier alpha value is -2.04. The number of phenols is 1. The van der Waals surface area contributed by atoms with Crippen LogP contribution in [0.4, 0.5) is 0 Å². The van der Waals surface area contributed by atoms with Crippen LogP contribution in [0.5, 0.6) is 5.75 Å². The van der Waals surface area contributed by atoms with E-state index in [1.54, 1.807) is 12.1 Å². The third kappa shape index (κ3) is 8.37. The van der Waals surface area contributed by atoms with E-state index in [9.17, 15) is 14.7 Å². The number of likely N-dealkylation sites (tertiary alicyclic amines) is 1. The second-order valence-electron chi connectivity index (χ2n) is 7.46. The summed E-state index contributed by atoms with van der Waals surface area (Å²) < 4.78 is 0. The molecule has 8 nitrogen and oxygen atoms in total. The smallest absolute Gasteiger partial charge is 0.251 e. The molecule has 1 fully saturated rings. The Balaban J connectivity index is 0.00000450. The van der Waals surface area contributed by atoms with Gasteiger partial charge in [0.05, 0.1) is 6.54 Å². The van der Waals surface area contributed by atoms with Gasteiger partial charge in [0.1, 0.15) is 5.75 Å². The first-order valence-corrected chi connectivity index (χ1v) is 10.3. The lowest BCUT2D eigenvalue weighted by atomic mass is 10.0. The molecule has 0 radical (unpaired) electrons. The zero-order valence-corrected chi connectivity index (χ0v) is 20.3. The van der Waals surface area contributed by atoms with Gasteiger partial charge in [0.25, 0.3) is 5.91 Å².